The van der Waals surface area contributed by atoms with Crippen molar-refractivity contribution in [1.82, 2.24) is 20.4 Å². The van der Waals surface area contributed by atoms with E-state index in [-0.39, 0.29) is 29.7 Å². The fraction of sp³-hybridized carbons (Fsp3) is 0.759. The first-order valence-electron chi connectivity index (χ1n) is 14.3. The molecule has 3 N–H and O–H groups in total. The molecule has 0 spiro atoms. The van der Waals surface area contributed by atoms with Gasteiger partial charge in [-0.15, -0.1) is 0 Å². The monoisotopic (exact) mass is 528 g/mol. The molecule has 210 valence electrons. The van der Waals surface area contributed by atoms with Gasteiger partial charge in [-0.25, -0.2) is 4.68 Å². The predicted octanol–water partition coefficient (Wildman–Crippen LogP) is 3.38. The Balaban J connectivity index is 1.29. The number of nitrogens with zero attached hydrogens (tertiary/aromatic N) is 2. The van der Waals surface area contributed by atoms with Crippen LogP contribution in [-0.4, -0.2) is 63.7 Å². The minimum absolute atomic E-state index is 0.0279. The van der Waals surface area contributed by atoms with Crippen molar-refractivity contribution in [3.63, 3.8) is 0 Å². The summed E-state index contributed by atoms with van der Waals surface area (Å²) in [5.41, 5.74) is -0.738. The molecule has 2 amide bonds. The summed E-state index contributed by atoms with van der Waals surface area (Å²) in [6.07, 6.45) is 11.3. The van der Waals surface area contributed by atoms with E-state index in [2.05, 4.69) is 29.6 Å². The van der Waals surface area contributed by atoms with Crippen molar-refractivity contribution in [2.75, 3.05) is 19.8 Å². The number of hydrogen-bond acceptors (Lipinski definition) is 6. The first-order valence-corrected chi connectivity index (χ1v) is 14.3. The molecule has 38 heavy (non-hydrogen) atoms. The van der Waals surface area contributed by atoms with Gasteiger partial charge in [-0.1, -0.05) is 13.8 Å². The summed E-state index contributed by atoms with van der Waals surface area (Å²) in [5.74, 6) is 1.72. The minimum Gasteiger partial charge on any atom is -0.477 e. The maximum Gasteiger partial charge on any atom is 0.258 e. The Kier molecular flexibility index (Phi) is 7.61. The van der Waals surface area contributed by atoms with Crippen LogP contribution in [0, 0.1) is 29.6 Å². The van der Waals surface area contributed by atoms with Crippen LogP contribution in [0.5, 0.6) is 5.88 Å². The van der Waals surface area contributed by atoms with Crippen molar-refractivity contribution < 1.29 is 24.2 Å². The second-order valence-electron chi connectivity index (χ2n) is 13.1. The van der Waals surface area contributed by atoms with Crippen molar-refractivity contribution in [3.8, 4) is 5.88 Å². The van der Waals surface area contributed by atoms with Gasteiger partial charge in [-0.05, 0) is 88.5 Å². The molecule has 4 bridgehead atoms. The molecule has 6 rings (SSSR count). The molecule has 4 saturated carbocycles. The lowest BCUT2D eigenvalue weighted by Gasteiger charge is -2.58. The van der Waals surface area contributed by atoms with Gasteiger partial charge in [0.25, 0.3) is 5.91 Å². The van der Waals surface area contributed by atoms with Crippen LogP contribution in [0.15, 0.2) is 12.3 Å². The summed E-state index contributed by atoms with van der Waals surface area (Å²) >= 11 is 0. The Morgan fingerprint density at radius 2 is 1.92 bits per heavy atom. The highest BCUT2D eigenvalue weighted by molar-refractivity contribution is 5.96. The van der Waals surface area contributed by atoms with Gasteiger partial charge >= 0.3 is 0 Å². The van der Waals surface area contributed by atoms with E-state index < -0.39 is 11.1 Å². The molecule has 0 aromatic carbocycles. The van der Waals surface area contributed by atoms with Crippen LogP contribution < -0.4 is 15.4 Å². The van der Waals surface area contributed by atoms with E-state index in [1.165, 1.54) is 0 Å². The lowest BCUT2D eigenvalue weighted by molar-refractivity contribution is -0.137. The third-order valence-corrected chi connectivity index (χ3v) is 8.76. The first-order chi connectivity index (χ1) is 18.0. The number of aromatic nitrogens is 2. The molecule has 1 saturated heterocycles. The normalized spacial score (nSPS) is 31.2. The van der Waals surface area contributed by atoms with Gasteiger partial charge in [0.15, 0.2) is 0 Å². The van der Waals surface area contributed by atoms with E-state index in [1.807, 2.05) is 19.9 Å². The fourth-order valence-electron chi connectivity index (χ4n) is 7.13. The molecular weight excluding hydrogens is 484 g/mol. The molecule has 2 atom stereocenters. The van der Waals surface area contributed by atoms with Gasteiger partial charge in [-0.3, -0.25) is 9.59 Å². The Morgan fingerprint density at radius 3 is 2.55 bits per heavy atom. The van der Waals surface area contributed by atoms with Crippen LogP contribution in [0.4, 0.5) is 0 Å². The summed E-state index contributed by atoms with van der Waals surface area (Å²) < 4.78 is 13.1. The lowest BCUT2D eigenvalue weighted by atomic mass is 9.52. The van der Waals surface area contributed by atoms with Gasteiger partial charge in [0.05, 0.1) is 23.9 Å². The van der Waals surface area contributed by atoms with E-state index in [0.717, 1.165) is 44.9 Å². The molecule has 5 aliphatic rings. The third kappa shape index (κ3) is 5.93. The van der Waals surface area contributed by atoms with Gasteiger partial charge in [0.2, 0.25) is 11.8 Å². The largest absolute Gasteiger partial charge is 0.477 e. The SMILES string of the molecule is CC(C)COc1c(C(=O)N[C@H]2C3CC4CC2C[C@](O)(C4)C3)cnn1/C=C/C(C)(C)NC(=O)C1CCOCC1. The number of nitrogens with one attached hydrogen (secondary N) is 2. The molecule has 4 aliphatic carbocycles. The summed E-state index contributed by atoms with van der Waals surface area (Å²) in [6, 6.07) is 0.0792. The zero-order valence-electron chi connectivity index (χ0n) is 23.2. The number of amides is 2. The molecule has 9 nitrogen and oxygen atoms in total. The Labute approximate surface area is 225 Å². The molecule has 0 radical (unpaired) electrons. The number of ether oxygens (including phenoxy) is 2. The second kappa shape index (κ2) is 10.6. The maximum atomic E-state index is 13.5. The van der Waals surface area contributed by atoms with Crippen LogP contribution in [0.2, 0.25) is 0 Å². The zero-order valence-corrected chi connectivity index (χ0v) is 23.2. The topological polar surface area (TPSA) is 115 Å². The molecule has 2 unspecified atom stereocenters. The van der Waals surface area contributed by atoms with E-state index >= 15 is 0 Å². The van der Waals surface area contributed by atoms with Gasteiger partial charge in [-0.2, -0.15) is 5.10 Å². The van der Waals surface area contributed by atoms with E-state index in [0.29, 0.717) is 49.0 Å². The number of carbonyl (C=O) groups is 2. The summed E-state index contributed by atoms with van der Waals surface area (Å²) in [5, 5.41) is 21.8. The van der Waals surface area contributed by atoms with Crippen LogP contribution in [0.1, 0.15) is 83.0 Å². The van der Waals surface area contributed by atoms with Crippen molar-refractivity contribution in [3.05, 3.63) is 17.8 Å². The zero-order chi connectivity index (χ0) is 27.1. The van der Waals surface area contributed by atoms with Gasteiger partial charge in [0, 0.05) is 31.4 Å². The first kappa shape index (κ1) is 27.2. The van der Waals surface area contributed by atoms with Crippen molar-refractivity contribution >= 4 is 18.0 Å². The van der Waals surface area contributed by atoms with Crippen molar-refractivity contribution in [2.45, 2.75) is 89.8 Å². The number of carbonyl (C=O) groups excluding carboxylic acids is 2. The van der Waals surface area contributed by atoms with Crippen molar-refractivity contribution in [1.29, 1.82) is 0 Å². The molecule has 1 aromatic rings. The second-order valence-corrected chi connectivity index (χ2v) is 13.1. The Hall–Kier alpha value is -2.39. The van der Waals surface area contributed by atoms with Crippen LogP contribution in [-0.2, 0) is 9.53 Å². The van der Waals surface area contributed by atoms with E-state index in [1.54, 1.807) is 17.1 Å². The molecule has 1 aliphatic heterocycles. The smallest absolute Gasteiger partial charge is 0.258 e. The lowest BCUT2D eigenvalue weighted by Crippen LogP contribution is -2.61. The quantitative estimate of drug-likeness (QED) is 0.453. The molecule has 2 heterocycles. The predicted molar refractivity (Wildman–Crippen MR) is 143 cm³/mol. The highest BCUT2D eigenvalue weighted by Crippen LogP contribution is 2.55. The summed E-state index contributed by atoms with van der Waals surface area (Å²) in [4.78, 5) is 26.3. The van der Waals surface area contributed by atoms with Gasteiger partial charge in [0.1, 0.15) is 5.56 Å². The molecule has 1 aromatic heterocycles. The van der Waals surface area contributed by atoms with Crippen LogP contribution in [0.3, 0.4) is 0 Å². The van der Waals surface area contributed by atoms with Crippen LogP contribution in [0.25, 0.3) is 6.20 Å². The standard InChI is InChI=1S/C29H44N4O5/c1-18(2)17-38-27-23(26(35)31-24-21-11-19-12-22(24)15-29(36,13-19)14-21)16-30-33(27)8-7-28(3,4)32-25(34)20-5-9-37-10-6-20/h7-8,16,18-22,24,36H,5-6,9-15,17H2,1-4H3,(H,31,35)(H,32,34)/b8-7+/t19?,21?,22?,24-,29-. The summed E-state index contributed by atoms with van der Waals surface area (Å²) in [6.45, 7) is 9.68. The number of rotatable bonds is 9. The molecular formula is C29H44N4O5. The number of hydrogen-bond donors (Lipinski definition) is 3. The van der Waals surface area contributed by atoms with Crippen molar-refractivity contribution in [2.24, 2.45) is 29.6 Å². The molecule has 9 heteroatoms. The third-order valence-electron chi connectivity index (χ3n) is 8.76. The molecule has 5 fully saturated rings. The average Bonchev–Trinajstić information content (AvgIpc) is 3.26. The highest BCUT2D eigenvalue weighted by atomic mass is 16.5. The minimum atomic E-state index is -0.611. The highest BCUT2D eigenvalue weighted by Gasteiger charge is 2.55. The Bertz CT molecular complexity index is 1040. The Morgan fingerprint density at radius 1 is 1.24 bits per heavy atom. The van der Waals surface area contributed by atoms with Crippen LogP contribution >= 0.6 is 0 Å². The number of aliphatic hydroxyl groups is 1. The van der Waals surface area contributed by atoms with E-state index in [4.69, 9.17) is 9.47 Å². The van der Waals surface area contributed by atoms with E-state index in [9.17, 15) is 14.7 Å². The van der Waals surface area contributed by atoms with Gasteiger partial charge < -0.3 is 25.2 Å². The summed E-state index contributed by atoms with van der Waals surface area (Å²) in [7, 11) is 0. The fourth-order valence-corrected chi connectivity index (χ4v) is 7.13. The average molecular weight is 529 g/mol. The maximum absolute atomic E-state index is 13.5.